The molecule has 0 aliphatic carbocycles. The van der Waals surface area contributed by atoms with E-state index in [-0.39, 0.29) is 31.1 Å². The zero-order valence-electron chi connectivity index (χ0n) is 25.8. The van der Waals surface area contributed by atoms with Crippen molar-refractivity contribution < 1.29 is 29.4 Å². The molecule has 2 fully saturated rings. The lowest BCUT2D eigenvalue weighted by Crippen LogP contribution is -2.41. The number of aliphatic hydroxyl groups excluding tert-OH is 1. The highest BCUT2D eigenvalue weighted by molar-refractivity contribution is 5.77. The molecule has 45 heavy (non-hydrogen) atoms. The van der Waals surface area contributed by atoms with Gasteiger partial charge in [-0.05, 0) is 66.6 Å². The van der Waals surface area contributed by atoms with Crippen LogP contribution in [0.25, 0.3) is 11.1 Å². The minimum absolute atomic E-state index is 0.0182. The monoisotopic (exact) mass is 615 g/mol. The molecule has 0 unspecified atom stereocenters. The van der Waals surface area contributed by atoms with Crippen molar-refractivity contribution in [1.29, 1.82) is 0 Å². The van der Waals surface area contributed by atoms with Crippen LogP contribution in [0.5, 0.6) is 0 Å². The summed E-state index contributed by atoms with van der Waals surface area (Å²) in [4.78, 5) is 26.1. The van der Waals surface area contributed by atoms with Gasteiger partial charge in [0.1, 0.15) is 0 Å². The number of ether oxygens (including phenoxy) is 2. The van der Waals surface area contributed by atoms with Crippen LogP contribution in [0, 0.1) is 0 Å². The second kappa shape index (κ2) is 16.6. The highest BCUT2D eigenvalue weighted by Gasteiger charge is 2.33. The van der Waals surface area contributed by atoms with Crippen molar-refractivity contribution in [2.24, 2.45) is 0 Å². The fraction of sp³-hybridized carbons (Fsp3) is 0.444. The van der Waals surface area contributed by atoms with Crippen LogP contribution in [-0.4, -0.2) is 52.8 Å². The number of rotatable bonds is 13. The SMILES string of the molecule is O=C(CCCCC(=O)NCc1ccccc1-c1ccc([C@@H]2O[C@H](CN3CCCCC3)C[C@H](c3ccc(CO)cc3)O2)cc1)NO. The molecule has 5 rings (SSSR count). The van der Waals surface area contributed by atoms with Crippen LogP contribution in [0.1, 0.15) is 86.0 Å². The van der Waals surface area contributed by atoms with Crippen molar-refractivity contribution in [3.05, 3.63) is 95.1 Å². The molecule has 0 spiro atoms. The molecular formula is C36H45N3O6. The number of hydroxylamine groups is 1. The molecule has 2 aliphatic rings. The molecule has 9 heteroatoms. The molecule has 2 heterocycles. The number of hydrogen-bond acceptors (Lipinski definition) is 7. The second-order valence-electron chi connectivity index (χ2n) is 12.0. The minimum Gasteiger partial charge on any atom is -0.392 e. The summed E-state index contributed by atoms with van der Waals surface area (Å²) in [5.74, 6) is -0.515. The summed E-state index contributed by atoms with van der Waals surface area (Å²) in [5, 5.41) is 21.1. The van der Waals surface area contributed by atoms with Gasteiger partial charge in [0.25, 0.3) is 0 Å². The van der Waals surface area contributed by atoms with Gasteiger partial charge in [-0.1, -0.05) is 79.2 Å². The van der Waals surface area contributed by atoms with E-state index in [1.165, 1.54) is 19.3 Å². The summed E-state index contributed by atoms with van der Waals surface area (Å²) < 4.78 is 13.1. The van der Waals surface area contributed by atoms with Crippen LogP contribution < -0.4 is 10.8 Å². The van der Waals surface area contributed by atoms with E-state index in [1.807, 2.05) is 42.5 Å². The number of likely N-dealkylation sites (tertiary alicyclic amines) is 1. The van der Waals surface area contributed by atoms with Gasteiger partial charge >= 0.3 is 0 Å². The number of benzene rings is 3. The van der Waals surface area contributed by atoms with Gasteiger partial charge in [0.05, 0.1) is 18.8 Å². The molecule has 2 saturated heterocycles. The third-order valence-electron chi connectivity index (χ3n) is 8.70. The topological polar surface area (TPSA) is 120 Å². The molecule has 2 amide bonds. The number of nitrogens with one attached hydrogen (secondary N) is 2. The van der Waals surface area contributed by atoms with Crippen molar-refractivity contribution in [1.82, 2.24) is 15.7 Å². The Labute approximate surface area is 265 Å². The van der Waals surface area contributed by atoms with Crippen molar-refractivity contribution in [2.75, 3.05) is 19.6 Å². The van der Waals surface area contributed by atoms with E-state index < -0.39 is 12.2 Å². The lowest BCUT2D eigenvalue weighted by Gasteiger charge is -2.39. The highest BCUT2D eigenvalue weighted by Crippen LogP contribution is 2.39. The summed E-state index contributed by atoms with van der Waals surface area (Å²) >= 11 is 0. The number of unbranched alkanes of at least 4 members (excludes halogenated alkanes) is 1. The highest BCUT2D eigenvalue weighted by atomic mass is 16.7. The van der Waals surface area contributed by atoms with Gasteiger partial charge in [0, 0.05) is 37.9 Å². The Balaban J connectivity index is 1.25. The van der Waals surface area contributed by atoms with Crippen molar-refractivity contribution in [3.63, 3.8) is 0 Å². The van der Waals surface area contributed by atoms with E-state index in [4.69, 9.17) is 14.7 Å². The van der Waals surface area contributed by atoms with Crippen molar-refractivity contribution >= 4 is 11.8 Å². The van der Waals surface area contributed by atoms with Gasteiger partial charge in [-0.25, -0.2) is 5.48 Å². The summed E-state index contributed by atoms with van der Waals surface area (Å²) in [6.45, 7) is 3.53. The molecule has 3 aromatic carbocycles. The molecule has 2 aliphatic heterocycles. The van der Waals surface area contributed by atoms with E-state index in [9.17, 15) is 14.7 Å². The number of amides is 2. The maximum Gasteiger partial charge on any atom is 0.243 e. The van der Waals surface area contributed by atoms with Gasteiger partial charge in [-0.15, -0.1) is 0 Å². The number of hydrogen-bond donors (Lipinski definition) is 4. The van der Waals surface area contributed by atoms with Crippen LogP contribution in [0.15, 0.2) is 72.8 Å². The molecule has 3 aromatic rings. The Morgan fingerprint density at radius 3 is 2.22 bits per heavy atom. The number of aliphatic hydroxyl groups is 1. The standard InChI is InChI=1S/C36H45N3O6/c40-25-26-12-14-28(15-13-26)33-22-31(24-39-20-6-1-7-21-39)44-36(45-33)29-18-16-27(17-19-29)32-9-3-2-8-30(32)23-37-34(41)10-4-5-11-35(42)38-43/h2-3,8-9,12-19,31,33,36,40,43H,1,4-7,10-11,20-25H2,(H,37,41)(H,38,42)/t31-,33+,36+/m0/s1. The second-order valence-corrected chi connectivity index (χ2v) is 12.0. The van der Waals surface area contributed by atoms with Crippen LogP contribution >= 0.6 is 0 Å². The zero-order chi connectivity index (χ0) is 31.4. The first-order valence-corrected chi connectivity index (χ1v) is 16.1. The number of nitrogens with zero attached hydrogens (tertiary/aromatic N) is 1. The summed E-state index contributed by atoms with van der Waals surface area (Å²) in [5.41, 5.74) is 7.63. The first kappa shape index (κ1) is 32.8. The summed E-state index contributed by atoms with van der Waals surface area (Å²) in [7, 11) is 0. The fourth-order valence-corrected chi connectivity index (χ4v) is 6.15. The number of piperidine rings is 1. The first-order valence-electron chi connectivity index (χ1n) is 16.1. The number of carbonyl (C=O) groups is 2. The predicted molar refractivity (Wildman–Crippen MR) is 171 cm³/mol. The Hall–Kier alpha value is -3.60. The first-order chi connectivity index (χ1) is 22.0. The normalized spacial score (nSPS) is 20.4. The Bertz CT molecular complexity index is 1370. The third-order valence-corrected chi connectivity index (χ3v) is 8.70. The Morgan fingerprint density at radius 2 is 1.51 bits per heavy atom. The van der Waals surface area contributed by atoms with Gasteiger partial charge in [0.15, 0.2) is 6.29 Å². The van der Waals surface area contributed by atoms with E-state index in [1.54, 1.807) is 5.48 Å². The molecule has 0 aromatic heterocycles. The lowest BCUT2D eigenvalue weighted by atomic mass is 9.97. The van der Waals surface area contributed by atoms with Gasteiger partial charge in [0.2, 0.25) is 11.8 Å². The van der Waals surface area contributed by atoms with Crippen LogP contribution in [0.3, 0.4) is 0 Å². The molecule has 0 radical (unpaired) electrons. The Morgan fingerprint density at radius 1 is 0.822 bits per heavy atom. The largest absolute Gasteiger partial charge is 0.392 e. The number of carbonyl (C=O) groups excluding carboxylic acids is 2. The van der Waals surface area contributed by atoms with Crippen LogP contribution in [-0.2, 0) is 32.2 Å². The Kier molecular flexibility index (Phi) is 12.1. The average Bonchev–Trinajstić information content (AvgIpc) is 3.09. The van der Waals surface area contributed by atoms with Crippen molar-refractivity contribution in [2.45, 2.75) is 83.0 Å². The van der Waals surface area contributed by atoms with Gasteiger partial charge in [-0.3, -0.25) is 14.8 Å². The summed E-state index contributed by atoms with van der Waals surface area (Å²) in [6, 6.07) is 24.3. The molecule has 0 saturated carbocycles. The van der Waals surface area contributed by atoms with E-state index in [2.05, 4.69) is 40.5 Å². The maximum atomic E-state index is 12.4. The average molecular weight is 616 g/mol. The predicted octanol–water partition coefficient (Wildman–Crippen LogP) is 5.56. The molecular weight excluding hydrogens is 570 g/mol. The van der Waals surface area contributed by atoms with E-state index in [0.717, 1.165) is 59.4 Å². The molecule has 240 valence electrons. The molecule has 0 bridgehead atoms. The fourth-order valence-electron chi connectivity index (χ4n) is 6.15. The molecule has 4 N–H and O–H groups in total. The van der Waals surface area contributed by atoms with Crippen molar-refractivity contribution in [3.8, 4) is 11.1 Å². The van der Waals surface area contributed by atoms with Gasteiger partial charge < -0.3 is 24.8 Å². The zero-order valence-corrected chi connectivity index (χ0v) is 25.8. The third kappa shape index (κ3) is 9.45. The minimum atomic E-state index is -0.497. The van der Waals surface area contributed by atoms with E-state index in [0.29, 0.717) is 25.8 Å². The smallest absolute Gasteiger partial charge is 0.243 e. The quantitative estimate of drug-likeness (QED) is 0.113. The van der Waals surface area contributed by atoms with Crippen LogP contribution in [0.2, 0.25) is 0 Å². The van der Waals surface area contributed by atoms with Gasteiger partial charge in [-0.2, -0.15) is 0 Å². The van der Waals surface area contributed by atoms with Crippen LogP contribution in [0.4, 0.5) is 0 Å². The molecule has 9 nitrogen and oxygen atoms in total. The maximum absolute atomic E-state index is 12.4. The summed E-state index contributed by atoms with van der Waals surface area (Å²) in [6.07, 6.45) is 5.59. The lowest BCUT2D eigenvalue weighted by molar-refractivity contribution is -0.253. The van der Waals surface area contributed by atoms with E-state index >= 15 is 0 Å². The molecule has 3 atom stereocenters.